The number of fused-ring (bicyclic) bond motifs is 1. The highest BCUT2D eigenvalue weighted by molar-refractivity contribution is 9.10. The third kappa shape index (κ3) is 3.18. The van der Waals surface area contributed by atoms with Crippen LogP contribution >= 0.6 is 15.9 Å². The second kappa shape index (κ2) is 5.29. The molecule has 0 bridgehead atoms. The van der Waals surface area contributed by atoms with Gasteiger partial charge in [-0.1, -0.05) is 0 Å². The molecule has 7 heteroatoms. The monoisotopic (exact) mass is 356 g/mol. The second-order valence-corrected chi connectivity index (χ2v) is 6.86. The number of nitrogens with zero attached hydrogens (tertiary/aromatic N) is 2. The number of nitrogens with one attached hydrogen (secondary N) is 1. The van der Waals surface area contributed by atoms with Crippen molar-refractivity contribution in [1.82, 2.24) is 14.9 Å². The number of carbonyl (C=O) groups excluding carboxylic acids is 1. The number of hydrogen-bond donors (Lipinski definition) is 2. The van der Waals surface area contributed by atoms with Crippen LogP contribution in [0.25, 0.3) is 11.0 Å². The summed E-state index contributed by atoms with van der Waals surface area (Å²) in [5, 5.41) is 2.90. The lowest BCUT2D eigenvalue weighted by atomic mass is 10.1. The van der Waals surface area contributed by atoms with E-state index in [2.05, 4.69) is 26.2 Å². The lowest BCUT2D eigenvalue weighted by Gasteiger charge is -2.24. The van der Waals surface area contributed by atoms with E-state index >= 15 is 0 Å². The van der Waals surface area contributed by atoms with Gasteiger partial charge in [0.15, 0.2) is 0 Å². The maximum absolute atomic E-state index is 13.6. The molecule has 1 heterocycles. The molecule has 0 saturated carbocycles. The third-order valence-corrected chi connectivity index (χ3v) is 3.63. The van der Waals surface area contributed by atoms with Gasteiger partial charge in [0.2, 0.25) is 11.9 Å². The van der Waals surface area contributed by atoms with E-state index in [0.717, 1.165) is 0 Å². The highest BCUT2D eigenvalue weighted by atomic mass is 79.9. The van der Waals surface area contributed by atoms with Crippen LogP contribution in [0, 0.1) is 5.82 Å². The predicted octanol–water partition coefficient (Wildman–Crippen LogP) is 3.00. The number of carbonyl (C=O) groups is 1. The highest BCUT2D eigenvalue weighted by Crippen LogP contribution is 2.28. The summed E-state index contributed by atoms with van der Waals surface area (Å²) in [6.45, 7) is 7.44. The van der Waals surface area contributed by atoms with Gasteiger partial charge in [-0.3, -0.25) is 9.36 Å². The molecular weight excluding hydrogens is 339 g/mol. The first-order valence-corrected chi connectivity index (χ1v) is 7.34. The molecule has 0 aliphatic heterocycles. The van der Waals surface area contributed by atoms with Crippen LogP contribution in [0.2, 0.25) is 0 Å². The number of anilines is 1. The summed E-state index contributed by atoms with van der Waals surface area (Å²) in [4.78, 5) is 16.4. The largest absolute Gasteiger partial charge is 0.369 e. The maximum atomic E-state index is 13.6. The highest BCUT2D eigenvalue weighted by Gasteiger charge is 2.24. The summed E-state index contributed by atoms with van der Waals surface area (Å²) < 4.78 is 15.5. The van der Waals surface area contributed by atoms with E-state index in [1.54, 1.807) is 17.6 Å². The van der Waals surface area contributed by atoms with Crippen molar-refractivity contribution in [3.63, 3.8) is 0 Å². The summed E-state index contributed by atoms with van der Waals surface area (Å²) >= 11 is 3.14. The fourth-order valence-corrected chi connectivity index (χ4v) is 2.44. The van der Waals surface area contributed by atoms with Crippen molar-refractivity contribution in [2.45, 2.75) is 39.3 Å². The number of rotatable bonds is 2. The molecule has 1 atom stereocenters. The fraction of sp³-hybridized carbons (Fsp3) is 0.429. The molecule has 3 N–H and O–H groups in total. The number of nitrogen functional groups attached to an aromatic ring is 1. The Morgan fingerprint density at radius 1 is 1.48 bits per heavy atom. The zero-order valence-corrected chi connectivity index (χ0v) is 14.0. The first-order chi connectivity index (χ1) is 9.60. The van der Waals surface area contributed by atoms with Gasteiger partial charge >= 0.3 is 0 Å². The molecular formula is C14H18BrFN4O. The Kier molecular flexibility index (Phi) is 3.97. The van der Waals surface area contributed by atoms with Gasteiger partial charge in [-0.2, -0.15) is 0 Å². The first kappa shape index (κ1) is 15.8. The molecule has 0 aliphatic rings. The van der Waals surface area contributed by atoms with Crippen molar-refractivity contribution in [3.8, 4) is 0 Å². The smallest absolute Gasteiger partial charge is 0.243 e. The Balaban J connectivity index is 2.48. The molecule has 1 amide bonds. The van der Waals surface area contributed by atoms with E-state index in [0.29, 0.717) is 15.5 Å². The van der Waals surface area contributed by atoms with Gasteiger partial charge in [0.05, 0.1) is 15.5 Å². The quantitative estimate of drug-likeness (QED) is 0.868. The minimum Gasteiger partial charge on any atom is -0.369 e. The topological polar surface area (TPSA) is 72.9 Å². The van der Waals surface area contributed by atoms with Crippen LogP contribution < -0.4 is 11.1 Å². The van der Waals surface area contributed by atoms with Gasteiger partial charge in [-0.25, -0.2) is 9.37 Å². The normalized spacial score (nSPS) is 13.4. The summed E-state index contributed by atoms with van der Waals surface area (Å²) in [6, 6.07) is 2.32. The lowest BCUT2D eigenvalue weighted by Crippen LogP contribution is -2.43. The first-order valence-electron chi connectivity index (χ1n) is 6.54. The zero-order chi connectivity index (χ0) is 15.9. The fourth-order valence-electron chi connectivity index (χ4n) is 2.11. The number of nitrogens with two attached hydrogens (primary N) is 1. The Morgan fingerprint density at radius 2 is 2.10 bits per heavy atom. The molecule has 0 aliphatic carbocycles. The molecule has 0 fully saturated rings. The van der Waals surface area contributed by atoms with E-state index < -0.39 is 11.9 Å². The Morgan fingerprint density at radius 3 is 2.67 bits per heavy atom. The molecule has 114 valence electrons. The van der Waals surface area contributed by atoms with Crippen molar-refractivity contribution < 1.29 is 9.18 Å². The molecule has 1 aromatic heterocycles. The minimum absolute atomic E-state index is 0.172. The molecule has 21 heavy (non-hydrogen) atoms. The SMILES string of the molecule is CC(C(=O)NC(C)(C)C)n1c(N)nc2cc(F)c(Br)cc21. The standard InChI is InChI=1S/C14H18BrFN4O/c1-7(12(21)19-14(2,3)4)20-11-5-8(15)9(16)6-10(11)18-13(20)17/h5-7H,1-4H3,(H2,17,18)(H,19,21). The van der Waals surface area contributed by atoms with Crippen molar-refractivity contribution in [2.24, 2.45) is 0 Å². The number of imidazole rings is 1. The van der Waals surface area contributed by atoms with E-state index in [-0.39, 0.29) is 17.4 Å². The number of aromatic nitrogens is 2. The number of amides is 1. The molecule has 5 nitrogen and oxygen atoms in total. The average molecular weight is 357 g/mol. The summed E-state index contributed by atoms with van der Waals surface area (Å²) in [6.07, 6.45) is 0. The van der Waals surface area contributed by atoms with Crippen molar-refractivity contribution in [3.05, 3.63) is 22.4 Å². The maximum Gasteiger partial charge on any atom is 0.243 e. The van der Waals surface area contributed by atoms with Crippen LogP contribution in [0.15, 0.2) is 16.6 Å². The molecule has 2 aromatic rings. The van der Waals surface area contributed by atoms with E-state index in [1.165, 1.54) is 6.07 Å². The van der Waals surface area contributed by atoms with E-state index in [4.69, 9.17) is 5.73 Å². The van der Waals surface area contributed by atoms with Crippen LogP contribution in [0.5, 0.6) is 0 Å². The molecule has 1 unspecified atom stereocenters. The molecule has 0 radical (unpaired) electrons. The number of halogens is 2. The van der Waals surface area contributed by atoms with Crippen molar-refractivity contribution >= 4 is 38.8 Å². The van der Waals surface area contributed by atoms with Crippen LogP contribution in [0.3, 0.4) is 0 Å². The second-order valence-electron chi connectivity index (χ2n) is 6.01. The molecule has 2 rings (SSSR count). The third-order valence-electron chi connectivity index (χ3n) is 3.02. The van der Waals surface area contributed by atoms with E-state index in [1.807, 2.05) is 20.8 Å². The number of benzene rings is 1. The number of hydrogen-bond acceptors (Lipinski definition) is 3. The Hall–Kier alpha value is -1.63. The molecule has 1 aromatic carbocycles. The van der Waals surface area contributed by atoms with Crippen LogP contribution in [-0.4, -0.2) is 21.0 Å². The van der Waals surface area contributed by atoms with E-state index in [9.17, 15) is 9.18 Å². The summed E-state index contributed by atoms with van der Waals surface area (Å²) in [7, 11) is 0. The van der Waals surface area contributed by atoms with Gasteiger partial charge < -0.3 is 11.1 Å². The van der Waals surface area contributed by atoms with Crippen LogP contribution in [0.1, 0.15) is 33.7 Å². The van der Waals surface area contributed by atoms with Crippen molar-refractivity contribution in [2.75, 3.05) is 5.73 Å². The Labute approximate surface area is 130 Å². The molecule has 0 saturated heterocycles. The Bertz CT molecular complexity index is 705. The summed E-state index contributed by atoms with van der Waals surface area (Å²) in [5.74, 6) is -0.410. The molecule has 0 spiro atoms. The van der Waals surface area contributed by atoms with Gasteiger partial charge in [0, 0.05) is 11.6 Å². The predicted molar refractivity (Wildman–Crippen MR) is 84.4 cm³/mol. The average Bonchev–Trinajstić information content (AvgIpc) is 2.62. The lowest BCUT2D eigenvalue weighted by molar-refractivity contribution is -0.125. The van der Waals surface area contributed by atoms with Gasteiger partial charge in [0.1, 0.15) is 11.9 Å². The van der Waals surface area contributed by atoms with Gasteiger partial charge in [-0.15, -0.1) is 0 Å². The van der Waals surface area contributed by atoms with Gasteiger partial charge in [0.25, 0.3) is 0 Å². The van der Waals surface area contributed by atoms with Crippen LogP contribution in [0.4, 0.5) is 10.3 Å². The zero-order valence-electron chi connectivity index (χ0n) is 12.4. The van der Waals surface area contributed by atoms with Gasteiger partial charge in [-0.05, 0) is 49.7 Å². The van der Waals surface area contributed by atoms with Crippen LogP contribution in [-0.2, 0) is 4.79 Å². The van der Waals surface area contributed by atoms with Crippen molar-refractivity contribution in [1.29, 1.82) is 0 Å². The minimum atomic E-state index is -0.549. The summed E-state index contributed by atoms with van der Waals surface area (Å²) in [5.41, 5.74) is 6.57.